The number of nitrogens with one attached hydrogen (secondary N) is 2. The van der Waals surface area contributed by atoms with Gasteiger partial charge < -0.3 is 14.7 Å². The first-order chi connectivity index (χ1) is 16.5. The van der Waals surface area contributed by atoms with Crippen molar-refractivity contribution in [2.45, 2.75) is 38.3 Å². The van der Waals surface area contributed by atoms with Crippen molar-refractivity contribution in [1.29, 1.82) is 0 Å². The Morgan fingerprint density at radius 3 is 2.97 bits per heavy atom. The number of hydrogen-bond donors (Lipinski definition) is 3. The van der Waals surface area contributed by atoms with Gasteiger partial charge in [0.15, 0.2) is 0 Å². The predicted octanol–water partition coefficient (Wildman–Crippen LogP) is 2.28. The van der Waals surface area contributed by atoms with Gasteiger partial charge in [-0.1, -0.05) is 29.8 Å². The van der Waals surface area contributed by atoms with Gasteiger partial charge in [-0.05, 0) is 43.0 Å². The minimum Gasteiger partial charge on any atom is -0.491 e. The second-order valence-electron chi connectivity index (χ2n) is 8.49. The van der Waals surface area contributed by atoms with Crippen LogP contribution in [0.1, 0.15) is 30.4 Å². The molecule has 2 amide bonds. The summed E-state index contributed by atoms with van der Waals surface area (Å²) in [5.41, 5.74) is 6.64. The Bertz CT molecular complexity index is 1150. The minimum atomic E-state index is -0.673. The lowest BCUT2D eigenvalue weighted by molar-refractivity contribution is -0.123. The highest BCUT2D eigenvalue weighted by atomic mass is 35.5. The molecule has 10 heteroatoms. The van der Waals surface area contributed by atoms with Gasteiger partial charge in [0.05, 0.1) is 25.4 Å². The van der Waals surface area contributed by atoms with E-state index in [1.807, 2.05) is 23.2 Å². The third kappa shape index (κ3) is 4.28. The largest absolute Gasteiger partial charge is 0.491 e. The number of carbonyl (C=O) groups is 2. The number of amides is 2. The molecule has 1 unspecified atom stereocenters. The Labute approximate surface area is 202 Å². The van der Waals surface area contributed by atoms with Crippen LogP contribution in [0.2, 0.25) is 5.02 Å². The zero-order valence-corrected chi connectivity index (χ0v) is 19.3. The Kier molecular flexibility index (Phi) is 6.30. The van der Waals surface area contributed by atoms with Crippen LogP contribution in [-0.4, -0.2) is 53.6 Å². The molecular formula is C24H26ClN5O4. The Balaban J connectivity index is 1.13. The number of hydrazine groups is 1. The summed E-state index contributed by atoms with van der Waals surface area (Å²) in [6.07, 6.45) is 2.73. The van der Waals surface area contributed by atoms with Crippen molar-refractivity contribution >= 4 is 40.7 Å². The number of para-hydroxylation sites is 1. The number of aliphatic imine (C=N–C) groups is 1. The van der Waals surface area contributed by atoms with Gasteiger partial charge in [0.1, 0.15) is 17.5 Å². The van der Waals surface area contributed by atoms with E-state index in [0.717, 1.165) is 24.2 Å². The number of halogens is 1. The number of aliphatic hydroxyl groups excluding tert-OH is 1. The minimum absolute atomic E-state index is 0.0116. The quantitative estimate of drug-likeness (QED) is 0.497. The number of hydrogen-bond acceptors (Lipinski definition) is 7. The summed E-state index contributed by atoms with van der Waals surface area (Å²) in [6, 6.07) is 10.9. The topological polar surface area (TPSA) is 106 Å². The lowest BCUT2D eigenvalue weighted by Gasteiger charge is -2.28. The fraction of sp³-hybridized carbons (Fsp3) is 0.375. The molecule has 34 heavy (non-hydrogen) atoms. The number of aliphatic hydroxyl groups is 1. The standard InChI is InChI=1S/C24H26ClN5O4/c25-17-8-9-20(22-16(17)13-29-19(14-31)23(33)27-24(29)26-22)34-12-4-3-7-21(32)28-30-11-10-15-5-1-2-6-18(15)30/h1-2,5-6,8-9,19,31H,3-4,7,10-14H2,(H,28,32)(H,26,27,33). The highest BCUT2D eigenvalue weighted by molar-refractivity contribution is 6.32. The monoisotopic (exact) mass is 483 g/mol. The molecule has 0 spiro atoms. The summed E-state index contributed by atoms with van der Waals surface area (Å²) in [4.78, 5) is 30.7. The number of guanidine groups is 1. The first-order valence-corrected chi connectivity index (χ1v) is 11.8. The number of anilines is 1. The van der Waals surface area contributed by atoms with E-state index in [9.17, 15) is 14.7 Å². The number of nitrogens with zero attached hydrogens (tertiary/aromatic N) is 3. The van der Waals surface area contributed by atoms with E-state index in [1.165, 1.54) is 5.56 Å². The maximum Gasteiger partial charge on any atom is 0.251 e. The fourth-order valence-corrected chi connectivity index (χ4v) is 4.71. The average molecular weight is 484 g/mol. The second-order valence-corrected chi connectivity index (χ2v) is 8.90. The lowest BCUT2D eigenvalue weighted by Crippen LogP contribution is -2.41. The highest BCUT2D eigenvalue weighted by Gasteiger charge is 2.39. The summed E-state index contributed by atoms with van der Waals surface area (Å²) < 4.78 is 5.96. The second kappa shape index (κ2) is 9.52. The summed E-state index contributed by atoms with van der Waals surface area (Å²) in [6.45, 7) is 1.27. The van der Waals surface area contributed by atoms with Gasteiger partial charge in [0, 0.05) is 23.6 Å². The third-order valence-electron chi connectivity index (χ3n) is 6.30. The molecule has 5 rings (SSSR count). The SMILES string of the molecule is O=C(CCCCOc1ccc(Cl)c2c1N=C1NC(=O)C(CO)N1C2)NN1CCc2ccccc21. The fourth-order valence-electron chi connectivity index (χ4n) is 4.50. The van der Waals surface area contributed by atoms with Crippen molar-refractivity contribution in [2.24, 2.45) is 4.99 Å². The number of ether oxygens (including phenoxy) is 1. The molecular weight excluding hydrogens is 458 g/mol. The van der Waals surface area contributed by atoms with Crippen molar-refractivity contribution < 1.29 is 19.4 Å². The van der Waals surface area contributed by atoms with Crippen LogP contribution in [0.15, 0.2) is 41.4 Å². The molecule has 1 atom stereocenters. The van der Waals surface area contributed by atoms with Crippen LogP contribution in [0, 0.1) is 0 Å². The van der Waals surface area contributed by atoms with Crippen molar-refractivity contribution in [3.05, 3.63) is 52.5 Å². The van der Waals surface area contributed by atoms with Gasteiger partial charge in [-0.3, -0.25) is 25.3 Å². The molecule has 1 fully saturated rings. The van der Waals surface area contributed by atoms with Gasteiger partial charge >= 0.3 is 0 Å². The van der Waals surface area contributed by atoms with Crippen molar-refractivity contribution in [3.63, 3.8) is 0 Å². The van der Waals surface area contributed by atoms with E-state index >= 15 is 0 Å². The van der Waals surface area contributed by atoms with Crippen LogP contribution in [0.4, 0.5) is 11.4 Å². The molecule has 2 aromatic carbocycles. The number of benzene rings is 2. The summed E-state index contributed by atoms with van der Waals surface area (Å²) >= 11 is 6.38. The first-order valence-electron chi connectivity index (χ1n) is 11.4. The zero-order valence-electron chi connectivity index (χ0n) is 18.6. The molecule has 3 N–H and O–H groups in total. The normalized spacial score (nSPS) is 18.1. The smallest absolute Gasteiger partial charge is 0.251 e. The number of carbonyl (C=O) groups excluding carboxylic acids is 2. The van der Waals surface area contributed by atoms with E-state index in [-0.39, 0.29) is 18.4 Å². The molecule has 178 valence electrons. The van der Waals surface area contributed by atoms with Gasteiger partial charge in [0.2, 0.25) is 11.9 Å². The van der Waals surface area contributed by atoms with Crippen LogP contribution in [0.3, 0.4) is 0 Å². The molecule has 0 radical (unpaired) electrons. The van der Waals surface area contributed by atoms with E-state index < -0.39 is 6.04 Å². The Morgan fingerprint density at radius 2 is 2.12 bits per heavy atom. The Hall–Kier alpha value is -3.30. The highest BCUT2D eigenvalue weighted by Crippen LogP contribution is 2.41. The van der Waals surface area contributed by atoms with Gasteiger partial charge in [-0.25, -0.2) is 4.99 Å². The number of rotatable bonds is 8. The van der Waals surface area contributed by atoms with E-state index in [2.05, 4.69) is 21.8 Å². The lowest BCUT2D eigenvalue weighted by atomic mass is 10.1. The molecule has 1 saturated heterocycles. The molecule has 0 bridgehead atoms. The molecule has 3 heterocycles. The maximum absolute atomic E-state index is 12.4. The van der Waals surface area contributed by atoms with Crippen molar-refractivity contribution in [2.75, 3.05) is 24.8 Å². The molecule has 3 aliphatic rings. The van der Waals surface area contributed by atoms with E-state index in [4.69, 9.17) is 16.3 Å². The van der Waals surface area contributed by atoms with Crippen LogP contribution in [-0.2, 0) is 22.6 Å². The molecule has 3 aliphatic heterocycles. The van der Waals surface area contributed by atoms with Crippen LogP contribution < -0.4 is 20.5 Å². The van der Waals surface area contributed by atoms with Crippen molar-refractivity contribution in [1.82, 2.24) is 15.6 Å². The van der Waals surface area contributed by atoms with Crippen LogP contribution in [0.5, 0.6) is 5.75 Å². The Morgan fingerprint density at radius 1 is 1.26 bits per heavy atom. The van der Waals surface area contributed by atoms with Crippen molar-refractivity contribution in [3.8, 4) is 5.75 Å². The van der Waals surface area contributed by atoms with Crippen LogP contribution in [0.25, 0.3) is 0 Å². The van der Waals surface area contributed by atoms with Gasteiger partial charge in [-0.2, -0.15) is 0 Å². The van der Waals surface area contributed by atoms with Gasteiger partial charge in [0.25, 0.3) is 5.91 Å². The molecule has 0 aliphatic carbocycles. The zero-order chi connectivity index (χ0) is 23.7. The number of unbranched alkanes of at least 4 members (excludes halogenated alkanes) is 1. The maximum atomic E-state index is 12.4. The average Bonchev–Trinajstić information content (AvgIpc) is 3.38. The summed E-state index contributed by atoms with van der Waals surface area (Å²) in [5.74, 6) is 0.668. The summed E-state index contributed by atoms with van der Waals surface area (Å²) in [7, 11) is 0. The first kappa shape index (κ1) is 22.5. The van der Waals surface area contributed by atoms with E-state index in [0.29, 0.717) is 54.8 Å². The summed E-state index contributed by atoms with van der Waals surface area (Å²) in [5, 5.41) is 14.7. The molecule has 0 saturated carbocycles. The number of fused-ring (bicyclic) bond motifs is 3. The third-order valence-corrected chi connectivity index (χ3v) is 6.65. The van der Waals surface area contributed by atoms with Crippen LogP contribution >= 0.6 is 11.6 Å². The van der Waals surface area contributed by atoms with Gasteiger partial charge in [-0.15, -0.1) is 0 Å². The molecule has 9 nitrogen and oxygen atoms in total. The van der Waals surface area contributed by atoms with E-state index in [1.54, 1.807) is 17.0 Å². The molecule has 2 aromatic rings. The predicted molar refractivity (Wildman–Crippen MR) is 128 cm³/mol. The molecule has 0 aromatic heterocycles.